The van der Waals surface area contributed by atoms with Crippen LogP contribution in [0.5, 0.6) is 5.75 Å². The van der Waals surface area contributed by atoms with Crippen LogP contribution in [-0.2, 0) is 6.54 Å². The van der Waals surface area contributed by atoms with E-state index in [0.717, 1.165) is 22.4 Å². The van der Waals surface area contributed by atoms with E-state index in [1.54, 1.807) is 18.2 Å². The molecule has 1 heterocycles. The van der Waals surface area contributed by atoms with Crippen molar-refractivity contribution in [3.63, 3.8) is 0 Å². The van der Waals surface area contributed by atoms with Crippen LogP contribution in [0.4, 0.5) is 4.39 Å². The fraction of sp³-hybridized carbons (Fsp3) is 0.0370. The Morgan fingerprint density at radius 2 is 1.50 bits per heavy atom. The normalized spacial score (nSPS) is 10.9. The van der Waals surface area contributed by atoms with Crippen molar-refractivity contribution in [2.45, 2.75) is 6.54 Å². The number of aromatic nitrogens is 2. The zero-order valence-electron chi connectivity index (χ0n) is 17.1. The van der Waals surface area contributed by atoms with Gasteiger partial charge in [-0.15, -0.1) is 0 Å². The number of hydrogen-bond donors (Lipinski definition) is 0. The summed E-state index contributed by atoms with van der Waals surface area (Å²) in [7, 11) is 0. The summed E-state index contributed by atoms with van der Waals surface area (Å²) < 4.78 is 21.4. The molecular formula is C27H19FN2O2. The average Bonchev–Trinajstić information content (AvgIpc) is 3.19. The number of imidazole rings is 1. The Balaban J connectivity index is 1.46. The van der Waals surface area contributed by atoms with Crippen LogP contribution in [0.1, 0.15) is 15.9 Å². The molecule has 156 valence electrons. The number of fused-ring (bicyclic) bond motifs is 1. The van der Waals surface area contributed by atoms with E-state index < -0.39 is 11.8 Å². The molecule has 4 nitrogen and oxygen atoms in total. The topological polar surface area (TPSA) is 44.1 Å². The third-order valence-electron chi connectivity index (χ3n) is 5.25. The molecule has 0 fully saturated rings. The van der Waals surface area contributed by atoms with Crippen LogP contribution in [0.2, 0.25) is 0 Å². The van der Waals surface area contributed by atoms with Gasteiger partial charge in [-0.25, -0.2) is 14.2 Å². The van der Waals surface area contributed by atoms with Crippen LogP contribution >= 0.6 is 0 Å². The molecule has 5 rings (SSSR count). The van der Waals surface area contributed by atoms with E-state index in [9.17, 15) is 9.18 Å². The molecule has 32 heavy (non-hydrogen) atoms. The molecule has 0 N–H and O–H groups in total. The Labute approximate surface area is 184 Å². The molecule has 0 aliphatic rings. The van der Waals surface area contributed by atoms with Gasteiger partial charge < -0.3 is 9.30 Å². The molecular weight excluding hydrogens is 403 g/mol. The molecule has 5 heteroatoms. The lowest BCUT2D eigenvalue weighted by Gasteiger charge is -2.10. The predicted octanol–water partition coefficient (Wildman–Crippen LogP) is 6.11. The maximum Gasteiger partial charge on any atom is 0.346 e. The lowest BCUT2D eigenvalue weighted by molar-refractivity contribution is 0.0730. The first-order valence-corrected chi connectivity index (χ1v) is 10.3. The first kappa shape index (κ1) is 19.7. The van der Waals surface area contributed by atoms with Gasteiger partial charge in [0.15, 0.2) is 0 Å². The molecule has 1 aromatic heterocycles. The summed E-state index contributed by atoms with van der Waals surface area (Å²) in [4.78, 5) is 17.1. The molecule has 0 unspecified atom stereocenters. The monoisotopic (exact) mass is 422 g/mol. The Morgan fingerprint density at radius 1 is 0.812 bits per heavy atom. The van der Waals surface area contributed by atoms with Gasteiger partial charge in [-0.3, -0.25) is 0 Å². The van der Waals surface area contributed by atoms with E-state index >= 15 is 0 Å². The Hall–Kier alpha value is -4.25. The quantitative estimate of drug-likeness (QED) is 0.254. The van der Waals surface area contributed by atoms with Crippen LogP contribution in [0.3, 0.4) is 0 Å². The van der Waals surface area contributed by atoms with E-state index in [1.807, 2.05) is 48.5 Å². The number of benzene rings is 4. The maximum absolute atomic E-state index is 13.8. The van der Waals surface area contributed by atoms with Crippen molar-refractivity contribution < 1.29 is 13.9 Å². The van der Waals surface area contributed by atoms with Gasteiger partial charge in [0, 0.05) is 12.1 Å². The lowest BCUT2D eigenvalue weighted by Crippen LogP contribution is -2.10. The first-order chi connectivity index (χ1) is 15.7. The van der Waals surface area contributed by atoms with Crippen molar-refractivity contribution in [2.75, 3.05) is 0 Å². The minimum atomic E-state index is -0.729. The van der Waals surface area contributed by atoms with E-state index in [-0.39, 0.29) is 5.56 Å². The number of para-hydroxylation sites is 2. The molecule has 0 saturated heterocycles. The highest BCUT2D eigenvalue weighted by Crippen LogP contribution is 2.27. The van der Waals surface area contributed by atoms with E-state index in [1.165, 1.54) is 23.8 Å². The zero-order valence-corrected chi connectivity index (χ0v) is 17.1. The average molecular weight is 422 g/mol. The predicted molar refractivity (Wildman–Crippen MR) is 122 cm³/mol. The largest absolute Gasteiger partial charge is 0.423 e. The van der Waals surface area contributed by atoms with Crippen molar-refractivity contribution in [1.29, 1.82) is 0 Å². The number of nitrogens with zero attached hydrogens (tertiary/aromatic N) is 2. The van der Waals surface area contributed by atoms with Crippen molar-refractivity contribution in [3.05, 3.63) is 120 Å². The highest BCUT2D eigenvalue weighted by atomic mass is 19.1. The van der Waals surface area contributed by atoms with E-state index in [0.29, 0.717) is 12.3 Å². The summed E-state index contributed by atoms with van der Waals surface area (Å²) in [5.74, 6) is -0.175. The summed E-state index contributed by atoms with van der Waals surface area (Å²) in [5.41, 5.74) is 3.92. The molecule has 0 aliphatic carbocycles. The van der Waals surface area contributed by atoms with Gasteiger partial charge in [0.1, 0.15) is 17.4 Å². The highest BCUT2D eigenvalue weighted by molar-refractivity contribution is 5.91. The fourth-order valence-electron chi connectivity index (χ4n) is 3.68. The summed E-state index contributed by atoms with van der Waals surface area (Å²) in [5, 5.41) is 0. The van der Waals surface area contributed by atoms with Crippen LogP contribution < -0.4 is 4.74 Å². The maximum atomic E-state index is 13.8. The standard InChI is InChI=1S/C27H19FN2O2/c28-23-11-5-4-10-22(23)27(31)32-21-16-14-20(15-17-21)26-29-24-12-6-7-13-25(24)30(26)18-19-8-2-1-3-9-19/h1-17H,18H2. The molecule has 0 radical (unpaired) electrons. The second-order valence-corrected chi connectivity index (χ2v) is 7.39. The number of hydrogen-bond acceptors (Lipinski definition) is 3. The third-order valence-corrected chi connectivity index (χ3v) is 5.25. The molecule has 0 bridgehead atoms. The lowest BCUT2D eigenvalue weighted by atomic mass is 10.2. The second-order valence-electron chi connectivity index (χ2n) is 7.39. The number of ether oxygens (including phenoxy) is 1. The first-order valence-electron chi connectivity index (χ1n) is 10.3. The number of carbonyl (C=O) groups excluding carboxylic acids is 1. The summed E-state index contributed by atoms with van der Waals surface area (Å²) >= 11 is 0. The van der Waals surface area contributed by atoms with Crippen molar-refractivity contribution in [2.24, 2.45) is 0 Å². The molecule has 0 spiro atoms. The summed E-state index contributed by atoms with van der Waals surface area (Å²) in [6.45, 7) is 0.681. The molecule has 0 saturated carbocycles. The Bertz CT molecular complexity index is 1390. The van der Waals surface area contributed by atoms with Gasteiger partial charge >= 0.3 is 5.97 Å². The molecule has 0 amide bonds. The highest BCUT2D eigenvalue weighted by Gasteiger charge is 2.15. The SMILES string of the molecule is O=C(Oc1ccc(-c2nc3ccccc3n2Cc2ccccc2)cc1)c1ccccc1F. The molecule has 5 aromatic rings. The Morgan fingerprint density at radius 3 is 2.28 bits per heavy atom. The van der Waals surface area contributed by atoms with Gasteiger partial charge in [0.2, 0.25) is 0 Å². The number of esters is 1. The summed E-state index contributed by atoms with van der Waals surface area (Å²) in [6, 6.07) is 31.1. The van der Waals surface area contributed by atoms with Crippen molar-refractivity contribution in [1.82, 2.24) is 9.55 Å². The smallest absolute Gasteiger partial charge is 0.346 e. The van der Waals surface area contributed by atoms with Gasteiger partial charge in [-0.2, -0.15) is 0 Å². The fourth-order valence-corrected chi connectivity index (χ4v) is 3.68. The Kier molecular flexibility index (Phi) is 5.22. The number of carbonyl (C=O) groups is 1. The zero-order chi connectivity index (χ0) is 21.9. The number of rotatable bonds is 5. The van der Waals surface area contributed by atoms with Gasteiger partial charge in [0.05, 0.1) is 16.6 Å². The third kappa shape index (κ3) is 3.88. The summed E-state index contributed by atoms with van der Waals surface area (Å²) in [6.07, 6.45) is 0. The van der Waals surface area contributed by atoms with Crippen molar-refractivity contribution >= 4 is 17.0 Å². The minimum absolute atomic E-state index is 0.0961. The molecule has 0 aliphatic heterocycles. The van der Waals surface area contributed by atoms with Gasteiger partial charge in [0.25, 0.3) is 0 Å². The minimum Gasteiger partial charge on any atom is -0.423 e. The van der Waals surface area contributed by atoms with Gasteiger partial charge in [-0.05, 0) is 54.1 Å². The second kappa shape index (κ2) is 8.47. The molecule has 4 aromatic carbocycles. The molecule has 0 atom stereocenters. The van der Waals surface area contributed by atoms with Crippen LogP contribution in [0, 0.1) is 5.82 Å². The van der Waals surface area contributed by atoms with E-state index in [2.05, 4.69) is 22.8 Å². The van der Waals surface area contributed by atoms with Gasteiger partial charge in [-0.1, -0.05) is 54.6 Å². The number of halogens is 1. The van der Waals surface area contributed by atoms with Crippen molar-refractivity contribution in [3.8, 4) is 17.1 Å². The van der Waals surface area contributed by atoms with E-state index in [4.69, 9.17) is 9.72 Å². The van der Waals surface area contributed by atoms with Crippen LogP contribution in [-0.4, -0.2) is 15.5 Å². The van der Waals surface area contributed by atoms with Crippen LogP contribution in [0.15, 0.2) is 103 Å². The van der Waals surface area contributed by atoms with Crippen LogP contribution in [0.25, 0.3) is 22.4 Å².